The fourth-order valence-corrected chi connectivity index (χ4v) is 13.1. The number of fused-ring (bicyclic) bond motifs is 3. The Labute approximate surface area is 599 Å². The molecule has 6 aromatic heterocycles. The van der Waals surface area contributed by atoms with E-state index >= 15 is 0 Å². The van der Waals surface area contributed by atoms with Crippen LogP contribution in [0, 0.1) is 34.9 Å². The number of nitrogens with zero attached hydrogens (tertiary/aromatic N) is 9. The Morgan fingerprint density at radius 1 is 0.421 bits per heavy atom. The van der Waals surface area contributed by atoms with Crippen LogP contribution >= 0.6 is 34.0 Å². The monoisotopic (exact) mass is 1560 g/mol. The summed E-state index contributed by atoms with van der Waals surface area (Å²) in [5, 5.41) is 12.1. The van der Waals surface area contributed by atoms with Crippen molar-refractivity contribution in [3.05, 3.63) is 232 Å². The Balaban J connectivity index is 0.000000172. The lowest BCUT2D eigenvalue weighted by Gasteiger charge is -2.11. The molecule has 0 bridgehead atoms. The normalized spacial score (nSPS) is 11.7. The quantitative estimate of drug-likeness (QED) is 0.0856. The number of carbonyl (C=O) groups is 3. The van der Waals surface area contributed by atoms with Gasteiger partial charge in [0, 0.05) is 75.1 Å². The summed E-state index contributed by atoms with van der Waals surface area (Å²) in [4.78, 5) is 124. The molecule has 0 saturated carbocycles. The first-order valence-electron chi connectivity index (χ1n) is 30.2. The summed E-state index contributed by atoms with van der Waals surface area (Å²) in [5.74, 6) is -12.7. The van der Waals surface area contributed by atoms with E-state index < -0.39 is 134 Å². The molecule has 12 aromatic rings. The Hall–Kier alpha value is -11.8. The molecule has 0 spiro atoms. The number of hydrogen-bond donors (Lipinski definition) is 3. The third-order valence-corrected chi connectivity index (χ3v) is 18.3. The van der Waals surface area contributed by atoms with Crippen molar-refractivity contribution < 1.29 is 85.0 Å². The molecule has 0 saturated heterocycles. The van der Waals surface area contributed by atoms with Crippen LogP contribution in [0.25, 0.3) is 66.5 Å². The van der Waals surface area contributed by atoms with Gasteiger partial charge in [-0.25, -0.2) is 55.7 Å². The number of nitrogens with one attached hydrogen (secondary N) is 3. The minimum Gasteiger partial charge on any atom is -0.478 e. The molecule has 40 heteroatoms. The van der Waals surface area contributed by atoms with Crippen molar-refractivity contribution in [2.75, 3.05) is 22.6 Å². The van der Waals surface area contributed by atoms with Gasteiger partial charge in [-0.05, 0) is 71.3 Å². The number of anilines is 3. The van der Waals surface area contributed by atoms with Crippen LogP contribution in [0.4, 0.5) is 81.3 Å². The highest BCUT2D eigenvalue weighted by Gasteiger charge is 2.40. The Morgan fingerprint density at radius 2 is 0.748 bits per heavy atom. The SMILES string of the molecule is Cn1c(=O)c2c(CC(=O)Nc3nc(-c4cc(F)c(C(F)(F)F)c(F)c4)cs3)cccc2n(C)c1=O.Cn1c(=O)c2c(CC(=O)Nc3nc(-c4cc(F)c(OCC(F)(F)F)c(F)c4)cs3)cccc2n(C)c1=O.Cn1c(=O)c2c(CC(=O)Nc3nc(-c4ccc(F)c(C(F)(F)F)c4F)cs3)cccc2n(C)c1=O. The van der Waals surface area contributed by atoms with Crippen molar-refractivity contribution in [2.24, 2.45) is 42.3 Å². The van der Waals surface area contributed by atoms with E-state index in [1.165, 1.54) is 72.1 Å². The van der Waals surface area contributed by atoms with E-state index in [9.17, 15) is 109 Å². The summed E-state index contributed by atoms with van der Waals surface area (Å²) in [7, 11) is 8.47. The summed E-state index contributed by atoms with van der Waals surface area (Å²) >= 11 is 2.67. The molecule has 558 valence electrons. The van der Waals surface area contributed by atoms with E-state index in [0.29, 0.717) is 51.4 Å². The molecule has 0 atom stereocenters. The minimum atomic E-state index is -5.24. The van der Waals surface area contributed by atoms with Gasteiger partial charge in [0.15, 0.2) is 39.4 Å². The van der Waals surface area contributed by atoms with Crippen molar-refractivity contribution in [2.45, 2.75) is 37.8 Å². The zero-order chi connectivity index (χ0) is 78.4. The number of carbonyl (C=O) groups excluding carboxylic acids is 3. The molecule has 22 nitrogen and oxygen atoms in total. The van der Waals surface area contributed by atoms with Crippen LogP contribution in [0.2, 0.25) is 0 Å². The lowest BCUT2D eigenvalue weighted by molar-refractivity contribution is -0.154. The molecule has 6 aromatic carbocycles. The van der Waals surface area contributed by atoms with Gasteiger partial charge in [0.1, 0.15) is 34.4 Å². The fraction of sp³-hybridized carbons (Fsp3) is 0.194. The smallest absolute Gasteiger partial charge is 0.422 e. The largest absolute Gasteiger partial charge is 0.478 e. The van der Waals surface area contributed by atoms with Gasteiger partial charge in [-0.1, -0.05) is 36.4 Å². The predicted molar refractivity (Wildman–Crippen MR) is 364 cm³/mol. The number of ether oxygens (including phenoxy) is 1. The molecule has 0 radical (unpaired) electrons. The van der Waals surface area contributed by atoms with Crippen molar-refractivity contribution in [3.63, 3.8) is 0 Å². The number of hydrogen-bond acceptors (Lipinski definition) is 16. The first-order chi connectivity index (χ1) is 50.1. The van der Waals surface area contributed by atoms with E-state index in [0.717, 1.165) is 65.9 Å². The second-order valence-corrected chi connectivity index (χ2v) is 25.7. The van der Waals surface area contributed by atoms with E-state index in [1.54, 1.807) is 54.6 Å². The summed E-state index contributed by atoms with van der Waals surface area (Å²) in [5.41, 5.74) is -6.21. The second-order valence-electron chi connectivity index (χ2n) is 23.1. The Kier molecular flexibility index (Phi) is 22.1. The van der Waals surface area contributed by atoms with Gasteiger partial charge in [-0.3, -0.25) is 56.2 Å². The summed E-state index contributed by atoms with van der Waals surface area (Å²) in [6.45, 7) is -1.85. The third-order valence-electron chi connectivity index (χ3n) is 16.0. The van der Waals surface area contributed by atoms with Crippen LogP contribution < -0.4 is 54.4 Å². The highest BCUT2D eigenvalue weighted by Crippen LogP contribution is 2.40. The van der Waals surface area contributed by atoms with Crippen LogP contribution in [0.5, 0.6) is 5.75 Å². The Morgan fingerprint density at radius 3 is 1.08 bits per heavy atom. The zero-order valence-corrected chi connectivity index (χ0v) is 57.7. The topological polar surface area (TPSA) is 267 Å². The average molecular weight is 1560 g/mol. The molecular weight excluding hydrogens is 1510 g/mol. The minimum absolute atomic E-state index is 0.0336. The van der Waals surface area contributed by atoms with E-state index in [4.69, 9.17) is 0 Å². The number of alkyl halides is 9. The van der Waals surface area contributed by atoms with Gasteiger partial charge in [-0.15, -0.1) is 34.0 Å². The fourth-order valence-electron chi connectivity index (χ4n) is 10.9. The molecule has 0 fully saturated rings. The van der Waals surface area contributed by atoms with Crippen molar-refractivity contribution in [3.8, 4) is 39.5 Å². The van der Waals surface area contributed by atoms with Gasteiger partial charge in [-0.2, -0.15) is 39.5 Å². The van der Waals surface area contributed by atoms with Gasteiger partial charge in [0.05, 0.1) is 69.1 Å². The highest BCUT2D eigenvalue weighted by atomic mass is 32.1. The molecule has 0 aliphatic heterocycles. The van der Waals surface area contributed by atoms with Gasteiger partial charge < -0.3 is 20.7 Å². The number of benzene rings is 6. The molecule has 0 aliphatic rings. The van der Waals surface area contributed by atoms with Crippen LogP contribution in [-0.4, -0.2) is 72.9 Å². The summed E-state index contributed by atoms with van der Waals surface area (Å²) in [6, 6.07) is 18.1. The number of aryl methyl sites for hydroxylation is 3. The lowest BCUT2D eigenvalue weighted by Crippen LogP contribution is -2.37. The maximum atomic E-state index is 14.4. The maximum absolute atomic E-state index is 14.4. The number of amides is 3. The molecule has 0 aliphatic carbocycles. The number of aromatic nitrogens is 9. The van der Waals surface area contributed by atoms with E-state index in [-0.39, 0.29) is 79.0 Å². The molecule has 3 N–H and O–H groups in total. The maximum Gasteiger partial charge on any atom is 0.422 e. The molecule has 107 heavy (non-hydrogen) atoms. The van der Waals surface area contributed by atoms with Gasteiger partial charge in [0.2, 0.25) is 17.7 Å². The predicted octanol–water partition coefficient (Wildman–Crippen LogP) is 11.4. The number of rotatable bonds is 14. The van der Waals surface area contributed by atoms with Crippen LogP contribution in [0.1, 0.15) is 27.8 Å². The van der Waals surface area contributed by atoms with E-state index in [1.807, 2.05) is 0 Å². The van der Waals surface area contributed by atoms with Crippen molar-refractivity contribution >= 4 is 99.8 Å². The number of thiazole rings is 3. The number of halogens is 15. The first kappa shape index (κ1) is 77.8. The second kappa shape index (κ2) is 30.3. The van der Waals surface area contributed by atoms with Crippen molar-refractivity contribution in [1.82, 2.24) is 42.4 Å². The van der Waals surface area contributed by atoms with E-state index in [2.05, 4.69) is 35.6 Å². The molecule has 12 rings (SSSR count). The average Bonchev–Trinajstić information content (AvgIpc) is 1.57. The van der Waals surface area contributed by atoms with Gasteiger partial charge in [0.25, 0.3) is 16.7 Å². The third kappa shape index (κ3) is 16.5. The molecule has 3 amide bonds. The summed E-state index contributed by atoms with van der Waals surface area (Å²) in [6.07, 6.45) is -15.9. The highest BCUT2D eigenvalue weighted by molar-refractivity contribution is 7.14. The molecular formula is C67H47F15N12O10S3. The zero-order valence-electron chi connectivity index (χ0n) is 55.2. The Bertz CT molecular complexity index is 5950. The van der Waals surface area contributed by atoms with Gasteiger partial charge >= 0.3 is 35.6 Å². The van der Waals surface area contributed by atoms with Crippen LogP contribution in [0.15, 0.2) is 136 Å². The standard InChI is InChI=1S/C23H17F5N4O4S.2C22H15F5N4O3S/c1-31-16-5-3-4-11(18(16)20(34)32(2)22(31)35)8-17(33)30-21-29-15(9-37-21)12-6-13(24)19(14(25)7-12)36-10-23(26,27)28;1-30-15-5-3-4-10(17(15)19(33)31(2)21(30)34)8-16(32)29-20-28-14(9-35-20)11-6-12(23)18(13(24)7-11)22(25,26)27;1-30-14-5-3-4-10(16(14)19(33)31(2)21(30)34)8-15(32)29-20-28-13(9-35-20)11-6-7-12(23)17(18(11)24)22(25,26)27/h3-7,9H,8,10H2,1-2H3,(H,29,30,33);2*3-7,9H,8H2,1-2H3,(H,28,29,32). The summed E-state index contributed by atoms with van der Waals surface area (Å²) < 4.78 is 209. The first-order valence-corrected chi connectivity index (χ1v) is 32.9. The lowest BCUT2D eigenvalue weighted by atomic mass is 10.1. The van der Waals surface area contributed by atoms with Crippen molar-refractivity contribution in [1.29, 1.82) is 0 Å². The van der Waals surface area contributed by atoms with Crippen LogP contribution in [0.3, 0.4) is 0 Å². The molecule has 6 heterocycles. The molecule has 0 unspecified atom stereocenters. The van der Waals surface area contributed by atoms with Crippen LogP contribution in [-0.2, 0) is 88.3 Å².